The SMILES string of the molecule is CCOC(=O)CN1C(=O)CC(c2ccc(OCc3ccccc3)cc2)c2c1ccc1ccccc21. The summed E-state index contributed by atoms with van der Waals surface area (Å²) in [4.78, 5) is 27.1. The van der Waals surface area contributed by atoms with Crippen molar-refractivity contribution in [3.05, 3.63) is 108 Å². The Morgan fingerprint density at radius 2 is 1.66 bits per heavy atom. The predicted molar refractivity (Wildman–Crippen MR) is 137 cm³/mol. The van der Waals surface area contributed by atoms with Crippen LogP contribution in [0.15, 0.2) is 91.0 Å². The molecule has 1 heterocycles. The van der Waals surface area contributed by atoms with Gasteiger partial charge in [-0.05, 0) is 52.6 Å². The van der Waals surface area contributed by atoms with Crippen LogP contribution in [0.3, 0.4) is 0 Å². The van der Waals surface area contributed by atoms with Gasteiger partial charge in [-0.2, -0.15) is 0 Å². The molecule has 1 aliphatic rings. The lowest BCUT2D eigenvalue weighted by Gasteiger charge is -2.35. The summed E-state index contributed by atoms with van der Waals surface area (Å²) in [7, 11) is 0. The number of ether oxygens (including phenoxy) is 2. The summed E-state index contributed by atoms with van der Waals surface area (Å²) in [6.45, 7) is 2.46. The molecule has 5 rings (SSSR count). The Kier molecular flexibility index (Phi) is 6.49. The molecule has 0 saturated heterocycles. The van der Waals surface area contributed by atoms with Gasteiger partial charge in [0.2, 0.25) is 5.91 Å². The van der Waals surface area contributed by atoms with Crippen LogP contribution in [0.5, 0.6) is 5.75 Å². The normalized spacial score (nSPS) is 15.1. The molecular weight excluding hydrogens is 438 g/mol. The lowest BCUT2D eigenvalue weighted by molar-refractivity contribution is -0.142. The molecule has 5 heteroatoms. The van der Waals surface area contributed by atoms with Crippen LogP contribution in [-0.2, 0) is 20.9 Å². The predicted octanol–water partition coefficient (Wildman–Crippen LogP) is 5.85. The first-order valence-corrected chi connectivity index (χ1v) is 11.9. The molecule has 1 unspecified atom stereocenters. The van der Waals surface area contributed by atoms with Crippen LogP contribution < -0.4 is 9.64 Å². The van der Waals surface area contributed by atoms with Gasteiger partial charge in [-0.25, -0.2) is 0 Å². The highest BCUT2D eigenvalue weighted by Gasteiger charge is 2.34. The van der Waals surface area contributed by atoms with Crippen LogP contribution in [0, 0.1) is 0 Å². The van der Waals surface area contributed by atoms with Crippen LogP contribution >= 0.6 is 0 Å². The fraction of sp³-hybridized carbons (Fsp3) is 0.200. The van der Waals surface area contributed by atoms with Gasteiger partial charge in [0.1, 0.15) is 18.9 Å². The Morgan fingerprint density at radius 3 is 2.43 bits per heavy atom. The molecule has 0 aliphatic carbocycles. The fourth-order valence-corrected chi connectivity index (χ4v) is 4.74. The summed E-state index contributed by atoms with van der Waals surface area (Å²) >= 11 is 0. The van der Waals surface area contributed by atoms with Crippen molar-refractivity contribution in [1.82, 2.24) is 0 Å². The largest absolute Gasteiger partial charge is 0.489 e. The van der Waals surface area contributed by atoms with E-state index in [0.29, 0.717) is 6.61 Å². The molecule has 0 radical (unpaired) electrons. The standard InChI is InChI=1S/C30H27NO4/c1-2-34-29(33)19-31-27-17-14-22-10-6-7-11-25(22)30(27)26(18-28(31)32)23-12-15-24(16-13-23)35-20-21-8-4-3-5-9-21/h3-17,26H,2,18-20H2,1H3. The molecule has 1 amide bonds. The lowest BCUT2D eigenvalue weighted by Crippen LogP contribution is -2.41. The maximum atomic E-state index is 13.2. The van der Waals surface area contributed by atoms with E-state index >= 15 is 0 Å². The number of benzene rings is 4. The third-order valence-corrected chi connectivity index (χ3v) is 6.39. The Balaban J connectivity index is 1.48. The molecule has 0 fully saturated rings. The topological polar surface area (TPSA) is 55.8 Å². The van der Waals surface area contributed by atoms with Crippen LogP contribution in [-0.4, -0.2) is 25.0 Å². The number of hydrogen-bond acceptors (Lipinski definition) is 4. The minimum atomic E-state index is -0.404. The van der Waals surface area contributed by atoms with Crippen molar-refractivity contribution < 1.29 is 19.1 Å². The number of nitrogens with zero attached hydrogens (tertiary/aromatic N) is 1. The third kappa shape index (κ3) is 4.76. The summed E-state index contributed by atoms with van der Waals surface area (Å²) in [6, 6.07) is 30.1. The molecule has 1 aliphatic heterocycles. The number of fused-ring (bicyclic) bond motifs is 3. The molecule has 0 N–H and O–H groups in total. The average Bonchev–Trinajstić information content (AvgIpc) is 2.89. The fourth-order valence-electron chi connectivity index (χ4n) is 4.74. The van der Waals surface area contributed by atoms with E-state index in [9.17, 15) is 9.59 Å². The van der Waals surface area contributed by atoms with Crippen molar-refractivity contribution in [1.29, 1.82) is 0 Å². The molecule has 35 heavy (non-hydrogen) atoms. The van der Waals surface area contributed by atoms with Crippen molar-refractivity contribution >= 4 is 28.3 Å². The Labute approximate surface area is 204 Å². The van der Waals surface area contributed by atoms with E-state index in [1.807, 2.05) is 78.9 Å². The number of amides is 1. The van der Waals surface area contributed by atoms with E-state index in [2.05, 4.69) is 12.1 Å². The minimum absolute atomic E-state index is 0.0863. The van der Waals surface area contributed by atoms with E-state index in [4.69, 9.17) is 9.47 Å². The highest BCUT2D eigenvalue weighted by Crippen LogP contribution is 2.44. The van der Waals surface area contributed by atoms with Gasteiger partial charge < -0.3 is 14.4 Å². The quantitative estimate of drug-likeness (QED) is 0.321. The highest BCUT2D eigenvalue weighted by molar-refractivity contribution is 6.05. The molecule has 1 atom stereocenters. The zero-order valence-corrected chi connectivity index (χ0v) is 19.6. The summed E-state index contributed by atoms with van der Waals surface area (Å²) in [5, 5.41) is 2.19. The van der Waals surface area contributed by atoms with E-state index in [1.165, 1.54) is 0 Å². The molecule has 0 bridgehead atoms. The van der Waals surface area contributed by atoms with Gasteiger partial charge in [0, 0.05) is 18.0 Å². The maximum absolute atomic E-state index is 13.2. The van der Waals surface area contributed by atoms with Crippen molar-refractivity contribution in [2.24, 2.45) is 0 Å². The van der Waals surface area contributed by atoms with Gasteiger partial charge in [0.05, 0.1) is 6.61 Å². The van der Waals surface area contributed by atoms with Gasteiger partial charge in [-0.3, -0.25) is 9.59 Å². The monoisotopic (exact) mass is 465 g/mol. The summed E-state index contributed by atoms with van der Waals surface area (Å²) in [5.41, 5.74) is 3.97. The zero-order valence-electron chi connectivity index (χ0n) is 19.6. The number of carbonyl (C=O) groups excluding carboxylic acids is 2. The van der Waals surface area contributed by atoms with Crippen molar-refractivity contribution in [3.63, 3.8) is 0 Å². The Hall–Kier alpha value is -4.12. The first-order valence-electron chi connectivity index (χ1n) is 11.9. The number of esters is 1. The van der Waals surface area contributed by atoms with Crippen LogP contribution in [0.1, 0.15) is 36.0 Å². The smallest absolute Gasteiger partial charge is 0.326 e. The first kappa shape index (κ1) is 22.7. The second-order valence-corrected chi connectivity index (χ2v) is 8.60. The van der Waals surface area contributed by atoms with E-state index in [0.717, 1.165) is 38.9 Å². The summed E-state index contributed by atoms with van der Waals surface area (Å²) in [6.07, 6.45) is 0.282. The Morgan fingerprint density at radius 1 is 0.914 bits per heavy atom. The minimum Gasteiger partial charge on any atom is -0.489 e. The zero-order chi connectivity index (χ0) is 24.2. The van der Waals surface area contributed by atoms with Gasteiger partial charge >= 0.3 is 5.97 Å². The Bertz CT molecular complexity index is 1350. The number of rotatable bonds is 7. The van der Waals surface area contributed by atoms with E-state index in [1.54, 1.807) is 11.8 Å². The second-order valence-electron chi connectivity index (χ2n) is 8.60. The highest BCUT2D eigenvalue weighted by atomic mass is 16.5. The third-order valence-electron chi connectivity index (χ3n) is 6.39. The summed E-state index contributed by atoms with van der Waals surface area (Å²) in [5.74, 6) is 0.167. The maximum Gasteiger partial charge on any atom is 0.326 e. The van der Waals surface area contributed by atoms with Gasteiger partial charge in [-0.15, -0.1) is 0 Å². The summed E-state index contributed by atoms with van der Waals surface area (Å²) < 4.78 is 11.1. The van der Waals surface area contributed by atoms with Crippen LogP contribution in [0.25, 0.3) is 10.8 Å². The number of carbonyl (C=O) groups is 2. The average molecular weight is 466 g/mol. The van der Waals surface area contributed by atoms with Gasteiger partial charge in [-0.1, -0.05) is 72.8 Å². The second kappa shape index (κ2) is 10.0. The first-order chi connectivity index (χ1) is 17.1. The van der Waals surface area contributed by atoms with Crippen LogP contribution in [0.4, 0.5) is 5.69 Å². The van der Waals surface area contributed by atoms with Gasteiger partial charge in [0.25, 0.3) is 0 Å². The van der Waals surface area contributed by atoms with Crippen molar-refractivity contribution in [2.75, 3.05) is 18.1 Å². The van der Waals surface area contributed by atoms with Crippen LogP contribution in [0.2, 0.25) is 0 Å². The van der Waals surface area contributed by atoms with E-state index in [-0.39, 0.29) is 31.4 Å². The molecule has 4 aromatic rings. The number of hydrogen-bond donors (Lipinski definition) is 0. The molecular formula is C30H27NO4. The van der Waals surface area contributed by atoms with E-state index < -0.39 is 5.97 Å². The molecule has 176 valence electrons. The molecule has 0 saturated carbocycles. The number of anilines is 1. The molecule has 5 nitrogen and oxygen atoms in total. The molecule has 0 spiro atoms. The molecule has 0 aromatic heterocycles. The van der Waals surface area contributed by atoms with Gasteiger partial charge in [0.15, 0.2) is 0 Å². The lowest BCUT2D eigenvalue weighted by atomic mass is 9.81. The van der Waals surface area contributed by atoms with Crippen molar-refractivity contribution in [3.8, 4) is 5.75 Å². The van der Waals surface area contributed by atoms with Crippen molar-refractivity contribution in [2.45, 2.75) is 25.9 Å². The molecule has 4 aromatic carbocycles.